The van der Waals surface area contributed by atoms with E-state index in [-0.39, 0.29) is 43.7 Å². The van der Waals surface area contributed by atoms with Crippen LogP contribution in [-0.2, 0) is 32.1 Å². The van der Waals surface area contributed by atoms with Crippen LogP contribution < -0.4 is 9.64 Å². The number of hydrogen-bond acceptors (Lipinski definition) is 7. The van der Waals surface area contributed by atoms with E-state index >= 15 is 0 Å². The Balaban J connectivity index is 1.66. The number of fused-ring (bicyclic) bond motifs is 1. The molecule has 0 spiro atoms. The Kier molecular flexibility index (Phi) is 9.83. The summed E-state index contributed by atoms with van der Waals surface area (Å²) in [5, 5.41) is 10.3. The van der Waals surface area contributed by atoms with Crippen molar-refractivity contribution < 1.29 is 33.7 Å². The maximum absolute atomic E-state index is 13.3. The van der Waals surface area contributed by atoms with E-state index in [0.29, 0.717) is 25.3 Å². The first kappa shape index (κ1) is 29.8. The summed E-state index contributed by atoms with van der Waals surface area (Å²) in [6.07, 6.45) is -0.0386. The van der Waals surface area contributed by atoms with Gasteiger partial charge in [0.1, 0.15) is 30.3 Å². The monoisotopic (exact) mass is 540 g/mol. The van der Waals surface area contributed by atoms with Crippen LogP contribution in [0.4, 0.5) is 10.5 Å². The number of anilines is 1. The molecule has 0 fully saturated rings. The van der Waals surface area contributed by atoms with Crippen molar-refractivity contribution in [2.45, 2.75) is 72.5 Å². The van der Waals surface area contributed by atoms with Gasteiger partial charge in [0.25, 0.3) is 0 Å². The number of rotatable bonds is 10. The summed E-state index contributed by atoms with van der Waals surface area (Å²) in [5.41, 5.74) is 2.75. The smallest absolute Gasteiger partial charge is 0.410 e. The molecule has 0 aliphatic carbocycles. The molecule has 2 amide bonds. The zero-order valence-electron chi connectivity index (χ0n) is 23.8. The molecule has 0 radical (unpaired) electrons. The molecule has 0 saturated carbocycles. The first-order valence-corrected chi connectivity index (χ1v) is 13.4. The van der Waals surface area contributed by atoms with E-state index in [2.05, 4.69) is 0 Å². The number of amides is 2. The zero-order valence-corrected chi connectivity index (χ0v) is 23.8. The van der Waals surface area contributed by atoms with Gasteiger partial charge in [-0.3, -0.25) is 14.5 Å². The Morgan fingerprint density at radius 1 is 1.10 bits per heavy atom. The summed E-state index contributed by atoms with van der Waals surface area (Å²) >= 11 is 0. The first-order chi connectivity index (χ1) is 18.4. The zero-order chi connectivity index (χ0) is 28.7. The van der Waals surface area contributed by atoms with Gasteiger partial charge in [-0.15, -0.1) is 0 Å². The average molecular weight is 541 g/mol. The molecule has 9 heteroatoms. The van der Waals surface area contributed by atoms with Crippen LogP contribution in [0.3, 0.4) is 0 Å². The van der Waals surface area contributed by atoms with Crippen LogP contribution >= 0.6 is 0 Å². The van der Waals surface area contributed by atoms with Crippen molar-refractivity contribution in [3.8, 4) is 11.5 Å². The fourth-order valence-electron chi connectivity index (χ4n) is 4.33. The van der Waals surface area contributed by atoms with Crippen LogP contribution in [0.2, 0.25) is 0 Å². The quantitative estimate of drug-likeness (QED) is 0.414. The van der Waals surface area contributed by atoms with Crippen molar-refractivity contribution in [1.82, 2.24) is 4.90 Å². The van der Waals surface area contributed by atoms with E-state index in [1.165, 1.54) is 4.90 Å². The van der Waals surface area contributed by atoms with Gasteiger partial charge in [0, 0.05) is 18.8 Å². The predicted octanol–water partition coefficient (Wildman–Crippen LogP) is 5.17. The lowest BCUT2D eigenvalue weighted by molar-refractivity contribution is -0.143. The summed E-state index contributed by atoms with van der Waals surface area (Å²) in [5.74, 6) is 0.454. The second-order valence-electron chi connectivity index (χ2n) is 10.9. The molecule has 1 aliphatic rings. The molecule has 0 unspecified atom stereocenters. The molecule has 1 aliphatic heterocycles. The highest BCUT2D eigenvalue weighted by molar-refractivity contribution is 5.98. The Morgan fingerprint density at radius 2 is 1.85 bits per heavy atom. The van der Waals surface area contributed by atoms with Gasteiger partial charge >= 0.3 is 12.1 Å². The average Bonchev–Trinajstić information content (AvgIpc) is 3.27. The third-order valence-electron chi connectivity index (χ3n) is 6.24. The minimum absolute atomic E-state index is 0.0145. The summed E-state index contributed by atoms with van der Waals surface area (Å²) in [6, 6.07) is 11.1. The summed E-state index contributed by atoms with van der Waals surface area (Å²) in [6.45, 7) is 11.8. The van der Waals surface area contributed by atoms with Gasteiger partial charge < -0.3 is 24.2 Å². The molecule has 1 N–H and O–H groups in total. The van der Waals surface area contributed by atoms with Crippen LogP contribution in [0.15, 0.2) is 36.4 Å². The van der Waals surface area contributed by atoms with E-state index in [4.69, 9.17) is 14.2 Å². The summed E-state index contributed by atoms with van der Waals surface area (Å²) < 4.78 is 16.4. The van der Waals surface area contributed by atoms with Gasteiger partial charge in [0.15, 0.2) is 0 Å². The van der Waals surface area contributed by atoms with E-state index in [9.17, 15) is 19.5 Å². The Labute approximate surface area is 230 Å². The van der Waals surface area contributed by atoms with E-state index in [1.807, 2.05) is 38.1 Å². The maximum Gasteiger partial charge on any atom is 0.410 e. The van der Waals surface area contributed by atoms with Crippen LogP contribution in [0, 0.1) is 0 Å². The molecule has 0 bridgehead atoms. The van der Waals surface area contributed by atoms with Gasteiger partial charge in [-0.25, -0.2) is 4.79 Å². The lowest BCUT2D eigenvalue weighted by Crippen LogP contribution is -2.45. The second kappa shape index (κ2) is 12.9. The highest BCUT2D eigenvalue weighted by atomic mass is 16.6. The lowest BCUT2D eigenvalue weighted by Gasteiger charge is -2.28. The standard InChI is InChI=1S/C30H40N2O7/c1-7-37-28(35)13-14-31(29(36)39-30(4,5)6)18-27(34)32-15-12-22-17-23(9-11-25(22)32)38-19-21-8-10-24(20(2)3)26(33)16-21/h8-11,16-17,20,33H,7,12-15,18-19H2,1-6H3. The number of ether oxygens (including phenoxy) is 3. The molecule has 2 aromatic carbocycles. The normalized spacial score (nSPS) is 12.7. The fourth-order valence-corrected chi connectivity index (χ4v) is 4.33. The molecule has 0 saturated heterocycles. The van der Waals surface area contributed by atoms with Gasteiger partial charge in [-0.1, -0.05) is 26.0 Å². The van der Waals surface area contributed by atoms with Crippen LogP contribution in [-0.4, -0.2) is 59.8 Å². The number of esters is 1. The fraction of sp³-hybridized carbons (Fsp3) is 0.500. The van der Waals surface area contributed by atoms with Gasteiger partial charge in [0.05, 0.1) is 13.0 Å². The van der Waals surface area contributed by atoms with Gasteiger partial charge in [-0.2, -0.15) is 0 Å². The molecule has 39 heavy (non-hydrogen) atoms. The molecule has 9 nitrogen and oxygen atoms in total. The lowest BCUT2D eigenvalue weighted by atomic mass is 10.0. The van der Waals surface area contributed by atoms with Crippen LogP contribution in [0.1, 0.15) is 70.6 Å². The number of phenols is 1. The predicted molar refractivity (Wildman–Crippen MR) is 148 cm³/mol. The van der Waals surface area contributed by atoms with Crippen LogP contribution in [0.25, 0.3) is 0 Å². The minimum Gasteiger partial charge on any atom is -0.508 e. The summed E-state index contributed by atoms with van der Waals surface area (Å²) in [4.78, 5) is 40.8. The number of carbonyl (C=O) groups excluding carboxylic acids is 3. The number of nitrogens with zero attached hydrogens (tertiary/aromatic N) is 2. The molecule has 0 aromatic heterocycles. The number of hydrogen-bond donors (Lipinski definition) is 1. The minimum atomic E-state index is -0.742. The Hall–Kier alpha value is -3.75. The first-order valence-electron chi connectivity index (χ1n) is 13.4. The summed E-state index contributed by atoms with van der Waals surface area (Å²) in [7, 11) is 0. The van der Waals surface area contributed by atoms with E-state index < -0.39 is 17.7 Å². The highest BCUT2D eigenvalue weighted by Crippen LogP contribution is 2.32. The third kappa shape index (κ3) is 8.37. The number of phenolic OH excluding ortho intramolecular Hbond substituents is 1. The number of aromatic hydroxyl groups is 1. The molecule has 2 aromatic rings. The van der Waals surface area contributed by atoms with Gasteiger partial charge in [0.2, 0.25) is 5.91 Å². The molecular formula is C30H40N2O7. The van der Waals surface area contributed by atoms with E-state index in [1.54, 1.807) is 44.7 Å². The SMILES string of the molecule is CCOC(=O)CCN(CC(=O)N1CCc2cc(OCc3ccc(C(C)C)c(O)c3)ccc21)C(=O)OC(C)(C)C. The Morgan fingerprint density at radius 3 is 2.49 bits per heavy atom. The van der Waals surface area contributed by atoms with Crippen molar-refractivity contribution in [1.29, 1.82) is 0 Å². The van der Waals surface area contributed by atoms with Crippen molar-refractivity contribution in [2.75, 3.05) is 31.1 Å². The van der Waals surface area contributed by atoms with Crippen LogP contribution in [0.5, 0.6) is 11.5 Å². The Bertz CT molecular complexity index is 1190. The van der Waals surface area contributed by atoms with E-state index in [0.717, 1.165) is 22.4 Å². The van der Waals surface area contributed by atoms with Crippen molar-refractivity contribution in [3.05, 3.63) is 53.1 Å². The number of carbonyl (C=O) groups is 3. The van der Waals surface area contributed by atoms with Crippen molar-refractivity contribution >= 4 is 23.7 Å². The molecule has 3 rings (SSSR count). The second-order valence-corrected chi connectivity index (χ2v) is 10.9. The van der Waals surface area contributed by atoms with Gasteiger partial charge in [-0.05, 0) is 81.0 Å². The third-order valence-corrected chi connectivity index (χ3v) is 6.24. The highest BCUT2D eigenvalue weighted by Gasteiger charge is 2.30. The molecule has 0 atom stereocenters. The molecular weight excluding hydrogens is 500 g/mol. The molecule has 1 heterocycles. The van der Waals surface area contributed by atoms with Crippen molar-refractivity contribution in [2.24, 2.45) is 0 Å². The molecule has 212 valence electrons. The largest absolute Gasteiger partial charge is 0.508 e. The maximum atomic E-state index is 13.3. The number of benzene rings is 2. The van der Waals surface area contributed by atoms with Crippen molar-refractivity contribution in [3.63, 3.8) is 0 Å². The topological polar surface area (TPSA) is 106 Å².